The molecule has 0 spiro atoms. The Morgan fingerprint density at radius 1 is 1.20 bits per heavy atom. The summed E-state index contributed by atoms with van der Waals surface area (Å²) in [5.74, 6) is 2.54. The molecular formula is C16H23NO3. The molecule has 0 saturated heterocycles. The normalized spacial score (nSPS) is 16.0. The molecule has 0 radical (unpaired) electrons. The van der Waals surface area contributed by atoms with Crippen molar-refractivity contribution in [3.8, 4) is 0 Å². The van der Waals surface area contributed by atoms with Crippen LogP contribution in [0.25, 0.3) is 0 Å². The summed E-state index contributed by atoms with van der Waals surface area (Å²) >= 11 is 0. The molecule has 2 heterocycles. The second kappa shape index (κ2) is 6.77. The van der Waals surface area contributed by atoms with E-state index < -0.39 is 6.10 Å². The van der Waals surface area contributed by atoms with Crippen molar-refractivity contribution in [2.24, 2.45) is 0 Å². The summed E-state index contributed by atoms with van der Waals surface area (Å²) in [5.41, 5.74) is 0. The van der Waals surface area contributed by atoms with Gasteiger partial charge in [0.05, 0.1) is 12.3 Å². The van der Waals surface area contributed by atoms with Crippen LogP contribution in [0.5, 0.6) is 0 Å². The maximum atomic E-state index is 10.0. The molecule has 20 heavy (non-hydrogen) atoms. The van der Waals surface area contributed by atoms with Crippen molar-refractivity contribution in [1.82, 2.24) is 5.32 Å². The summed E-state index contributed by atoms with van der Waals surface area (Å²) < 4.78 is 10.9. The first-order chi connectivity index (χ1) is 9.60. The summed E-state index contributed by atoms with van der Waals surface area (Å²) in [6, 6.07) is 7.87. The number of hydrogen-bond acceptors (Lipinski definition) is 4. The van der Waals surface area contributed by atoms with Gasteiger partial charge in [-0.2, -0.15) is 0 Å². The Labute approximate surface area is 119 Å². The number of aliphatic hydroxyl groups excluding tert-OH is 1. The van der Waals surface area contributed by atoms with Crippen molar-refractivity contribution in [2.75, 3.05) is 0 Å². The lowest BCUT2D eigenvalue weighted by Gasteiger charge is -2.20. The summed E-state index contributed by atoms with van der Waals surface area (Å²) in [4.78, 5) is 0. The number of aryl methyl sites for hydroxylation is 1. The first kappa shape index (κ1) is 14.9. The Bertz CT molecular complexity index is 504. The van der Waals surface area contributed by atoms with Crippen LogP contribution in [-0.4, -0.2) is 11.1 Å². The quantitative estimate of drug-likeness (QED) is 0.812. The van der Waals surface area contributed by atoms with Crippen LogP contribution < -0.4 is 5.32 Å². The molecule has 3 unspecified atom stereocenters. The molecule has 0 aliphatic heterocycles. The van der Waals surface area contributed by atoms with E-state index in [4.69, 9.17) is 8.83 Å². The zero-order valence-corrected chi connectivity index (χ0v) is 12.3. The predicted molar refractivity (Wildman–Crippen MR) is 77.4 cm³/mol. The highest BCUT2D eigenvalue weighted by molar-refractivity contribution is 5.10. The van der Waals surface area contributed by atoms with Crippen LogP contribution in [0, 0.1) is 0 Å². The molecule has 2 aromatic rings. The van der Waals surface area contributed by atoms with Gasteiger partial charge in [0, 0.05) is 12.5 Å². The molecule has 2 aromatic heterocycles. The molecule has 0 aromatic carbocycles. The number of nitrogens with one attached hydrogen (secondary N) is 1. The van der Waals surface area contributed by atoms with Crippen LogP contribution in [0.4, 0.5) is 0 Å². The number of furan rings is 2. The second-order valence-electron chi connectivity index (χ2n) is 5.21. The van der Waals surface area contributed by atoms with E-state index in [-0.39, 0.29) is 12.1 Å². The Morgan fingerprint density at radius 3 is 2.60 bits per heavy atom. The van der Waals surface area contributed by atoms with E-state index in [2.05, 4.69) is 19.2 Å². The van der Waals surface area contributed by atoms with E-state index >= 15 is 0 Å². The molecule has 0 fully saturated rings. The van der Waals surface area contributed by atoms with E-state index in [0.717, 1.165) is 17.9 Å². The summed E-state index contributed by atoms with van der Waals surface area (Å²) in [5, 5.41) is 13.5. The standard InChI is InChI=1S/C16H23NO3/c1-4-13-7-8-15(20-13)12(3)17-11(2)10-14(18)16-6-5-9-19-16/h5-9,11-12,14,17-18H,4,10H2,1-3H3. The first-order valence-electron chi connectivity index (χ1n) is 7.16. The van der Waals surface area contributed by atoms with Gasteiger partial charge in [0.25, 0.3) is 0 Å². The molecule has 4 nitrogen and oxygen atoms in total. The SMILES string of the molecule is CCc1ccc(C(C)NC(C)CC(O)c2ccco2)o1. The van der Waals surface area contributed by atoms with Crippen LogP contribution in [0.15, 0.2) is 39.4 Å². The fourth-order valence-corrected chi connectivity index (χ4v) is 2.33. The van der Waals surface area contributed by atoms with E-state index in [0.29, 0.717) is 12.2 Å². The van der Waals surface area contributed by atoms with Gasteiger partial charge in [-0.05, 0) is 44.5 Å². The summed E-state index contributed by atoms with van der Waals surface area (Å²) in [7, 11) is 0. The third-order valence-corrected chi connectivity index (χ3v) is 3.44. The van der Waals surface area contributed by atoms with Crippen molar-refractivity contribution in [2.45, 2.75) is 51.8 Å². The predicted octanol–water partition coefficient (Wildman–Crippen LogP) is 3.60. The number of rotatable bonds is 7. The second-order valence-corrected chi connectivity index (χ2v) is 5.21. The highest BCUT2D eigenvalue weighted by Crippen LogP contribution is 2.21. The molecule has 4 heteroatoms. The maximum absolute atomic E-state index is 10.0. The summed E-state index contributed by atoms with van der Waals surface area (Å²) in [6.07, 6.45) is 2.50. The average molecular weight is 277 g/mol. The Kier molecular flexibility index (Phi) is 5.04. The molecule has 3 atom stereocenters. The minimum absolute atomic E-state index is 0.120. The van der Waals surface area contributed by atoms with Crippen molar-refractivity contribution < 1.29 is 13.9 Å². The van der Waals surface area contributed by atoms with Crippen LogP contribution in [-0.2, 0) is 6.42 Å². The van der Waals surface area contributed by atoms with Crippen LogP contribution >= 0.6 is 0 Å². The highest BCUT2D eigenvalue weighted by Gasteiger charge is 2.18. The lowest BCUT2D eigenvalue weighted by Crippen LogP contribution is -2.30. The maximum Gasteiger partial charge on any atom is 0.132 e. The molecule has 0 aliphatic carbocycles. The highest BCUT2D eigenvalue weighted by atomic mass is 16.4. The molecule has 0 saturated carbocycles. The van der Waals surface area contributed by atoms with Crippen molar-refractivity contribution in [3.05, 3.63) is 47.8 Å². The average Bonchev–Trinajstić information content (AvgIpc) is 3.09. The smallest absolute Gasteiger partial charge is 0.132 e. The lowest BCUT2D eigenvalue weighted by atomic mass is 10.1. The Balaban J connectivity index is 1.85. The van der Waals surface area contributed by atoms with E-state index in [1.54, 1.807) is 18.4 Å². The van der Waals surface area contributed by atoms with Crippen LogP contribution in [0.2, 0.25) is 0 Å². The van der Waals surface area contributed by atoms with Gasteiger partial charge in [-0.15, -0.1) is 0 Å². The van der Waals surface area contributed by atoms with Gasteiger partial charge >= 0.3 is 0 Å². The van der Waals surface area contributed by atoms with Crippen LogP contribution in [0.3, 0.4) is 0 Å². The van der Waals surface area contributed by atoms with Gasteiger partial charge in [-0.1, -0.05) is 6.92 Å². The fourth-order valence-electron chi connectivity index (χ4n) is 2.33. The van der Waals surface area contributed by atoms with Gasteiger partial charge in [0.2, 0.25) is 0 Å². The molecule has 0 bridgehead atoms. The Hall–Kier alpha value is -1.52. The van der Waals surface area contributed by atoms with Gasteiger partial charge in [0.1, 0.15) is 23.4 Å². The summed E-state index contributed by atoms with van der Waals surface area (Å²) in [6.45, 7) is 6.18. The topological polar surface area (TPSA) is 58.5 Å². The zero-order chi connectivity index (χ0) is 14.5. The largest absolute Gasteiger partial charge is 0.467 e. The monoisotopic (exact) mass is 277 g/mol. The Morgan fingerprint density at radius 2 is 2.00 bits per heavy atom. The molecule has 0 amide bonds. The minimum Gasteiger partial charge on any atom is -0.467 e. The van der Waals surface area contributed by atoms with Gasteiger partial charge in [0.15, 0.2) is 0 Å². The van der Waals surface area contributed by atoms with Crippen molar-refractivity contribution in [1.29, 1.82) is 0 Å². The zero-order valence-electron chi connectivity index (χ0n) is 12.3. The number of hydrogen-bond donors (Lipinski definition) is 2. The van der Waals surface area contributed by atoms with Crippen molar-refractivity contribution in [3.63, 3.8) is 0 Å². The molecular weight excluding hydrogens is 254 g/mol. The molecule has 0 aliphatic rings. The van der Waals surface area contributed by atoms with Gasteiger partial charge in [-0.25, -0.2) is 0 Å². The van der Waals surface area contributed by atoms with E-state index in [1.165, 1.54) is 0 Å². The first-order valence-corrected chi connectivity index (χ1v) is 7.16. The number of aliphatic hydroxyl groups is 1. The molecule has 2 N–H and O–H groups in total. The van der Waals surface area contributed by atoms with Crippen molar-refractivity contribution >= 4 is 0 Å². The molecule has 2 rings (SSSR count). The molecule has 110 valence electrons. The fraction of sp³-hybridized carbons (Fsp3) is 0.500. The van der Waals surface area contributed by atoms with E-state index in [1.807, 2.05) is 19.1 Å². The van der Waals surface area contributed by atoms with E-state index in [9.17, 15) is 5.11 Å². The third kappa shape index (κ3) is 3.74. The van der Waals surface area contributed by atoms with Crippen LogP contribution in [0.1, 0.15) is 56.6 Å². The van der Waals surface area contributed by atoms with Gasteiger partial charge < -0.3 is 19.3 Å². The lowest BCUT2D eigenvalue weighted by molar-refractivity contribution is 0.126. The minimum atomic E-state index is -0.581. The van der Waals surface area contributed by atoms with Gasteiger partial charge in [-0.3, -0.25) is 0 Å². The third-order valence-electron chi connectivity index (χ3n) is 3.44.